The molecule has 0 atom stereocenters. The number of fused-ring (bicyclic) bond motifs is 2. The van der Waals surface area contributed by atoms with Gasteiger partial charge in [0.05, 0.1) is 24.1 Å². The van der Waals surface area contributed by atoms with Gasteiger partial charge in [-0.15, -0.1) is 0 Å². The number of aryl methyl sites for hydroxylation is 2. The highest BCUT2D eigenvalue weighted by Gasteiger charge is 2.31. The van der Waals surface area contributed by atoms with Crippen LogP contribution >= 0.6 is 0 Å². The van der Waals surface area contributed by atoms with Gasteiger partial charge in [-0.1, -0.05) is 0 Å². The molecule has 29 heavy (non-hydrogen) atoms. The van der Waals surface area contributed by atoms with Crippen molar-refractivity contribution in [3.8, 4) is 11.4 Å². The molecule has 5 rings (SSSR count). The highest BCUT2D eigenvalue weighted by Crippen LogP contribution is 2.34. The molecule has 11 heteroatoms. The number of rotatable bonds is 3. The van der Waals surface area contributed by atoms with Gasteiger partial charge in [-0.25, -0.2) is 22.8 Å². The van der Waals surface area contributed by atoms with Crippen LogP contribution in [0.15, 0.2) is 36.0 Å². The maximum atomic E-state index is 14.6. The van der Waals surface area contributed by atoms with E-state index >= 15 is 0 Å². The van der Waals surface area contributed by atoms with Crippen LogP contribution in [-0.2, 0) is 30.2 Å². The van der Waals surface area contributed by atoms with Crippen LogP contribution < -0.4 is 0 Å². The summed E-state index contributed by atoms with van der Waals surface area (Å²) in [6, 6.07) is 2.83. The summed E-state index contributed by atoms with van der Waals surface area (Å²) < 4.78 is 46.0. The molecular weight excluding hydrogens is 397 g/mol. The minimum Gasteiger partial charge on any atom is -0.342 e. The average molecular weight is 415 g/mol. The van der Waals surface area contributed by atoms with E-state index in [9.17, 15) is 12.8 Å². The first-order valence-corrected chi connectivity index (χ1v) is 10.5. The van der Waals surface area contributed by atoms with Crippen LogP contribution in [0.5, 0.6) is 0 Å². The van der Waals surface area contributed by atoms with E-state index < -0.39 is 15.8 Å². The predicted octanol–water partition coefficient (Wildman–Crippen LogP) is 1.81. The second-order valence-electron chi connectivity index (χ2n) is 7.13. The fraction of sp³-hybridized carbons (Fsp3) is 0.278. The number of H-pyrrole nitrogens is 1. The highest BCUT2D eigenvalue weighted by atomic mass is 32.2. The average Bonchev–Trinajstić information content (AvgIpc) is 3.40. The standard InChI is InChI=1S/C18H18FN7O2S/c1-11-5-14(19)17-13(16(11)18-21-10-24(2)23-18)6-15(22-17)29(27,28)26-4-3-25-9-20-7-12(25)8-26/h5-7,9-10,22H,3-4,8H2,1-2H3. The first-order chi connectivity index (χ1) is 13.8. The Balaban J connectivity index is 1.64. The SMILES string of the molecule is Cc1cc(F)c2[nH]c(S(=O)(=O)N3CCn4cncc4C3)cc2c1-c1ncn(C)n1. The molecular formula is C18H18FN7O2S. The lowest BCUT2D eigenvalue weighted by atomic mass is 10.0. The number of sulfonamides is 1. The Kier molecular flexibility index (Phi) is 3.87. The van der Waals surface area contributed by atoms with Crippen LogP contribution in [-0.4, -0.2) is 48.6 Å². The number of hydrogen-bond donors (Lipinski definition) is 1. The van der Waals surface area contributed by atoms with E-state index in [2.05, 4.69) is 20.1 Å². The van der Waals surface area contributed by atoms with Gasteiger partial charge >= 0.3 is 0 Å². The Morgan fingerprint density at radius 1 is 1.21 bits per heavy atom. The van der Waals surface area contributed by atoms with Crippen molar-refractivity contribution in [1.29, 1.82) is 0 Å². The number of benzene rings is 1. The summed E-state index contributed by atoms with van der Waals surface area (Å²) in [6.07, 6.45) is 4.89. The van der Waals surface area contributed by atoms with Gasteiger partial charge < -0.3 is 9.55 Å². The summed E-state index contributed by atoms with van der Waals surface area (Å²) in [4.78, 5) is 11.1. The number of imidazole rings is 1. The van der Waals surface area contributed by atoms with Crippen LogP contribution in [0.4, 0.5) is 4.39 Å². The third-order valence-electron chi connectivity index (χ3n) is 5.21. The zero-order valence-electron chi connectivity index (χ0n) is 15.8. The second-order valence-corrected chi connectivity index (χ2v) is 9.04. The summed E-state index contributed by atoms with van der Waals surface area (Å²) in [7, 11) is -2.11. The van der Waals surface area contributed by atoms with Crippen molar-refractivity contribution in [3.63, 3.8) is 0 Å². The van der Waals surface area contributed by atoms with Gasteiger partial charge in [0.1, 0.15) is 17.2 Å². The van der Waals surface area contributed by atoms with E-state index in [4.69, 9.17) is 0 Å². The Morgan fingerprint density at radius 3 is 2.79 bits per heavy atom. The van der Waals surface area contributed by atoms with Crippen molar-refractivity contribution in [1.82, 2.24) is 33.6 Å². The fourth-order valence-corrected chi connectivity index (χ4v) is 5.16. The largest absolute Gasteiger partial charge is 0.342 e. The number of nitrogens with zero attached hydrogens (tertiary/aromatic N) is 6. The fourth-order valence-electron chi connectivity index (χ4n) is 3.76. The monoisotopic (exact) mass is 415 g/mol. The van der Waals surface area contributed by atoms with Crippen LogP contribution in [0, 0.1) is 12.7 Å². The van der Waals surface area contributed by atoms with Gasteiger partial charge in [0.15, 0.2) is 5.82 Å². The molecule has 0 unspecified atom stereocenters. The Bertz CT molecular complexity index is 1350. The van der Waals surface area contributed by atoms with E-state index in [1.54, 1.807) is 37.5 Å². The van der Waals surface area contributed by atoms with Gasteiger partial charge in [-0.3, -0.25) is 4.68 Å². The predicted molar refractivity (Wildman–Crippen MR) is 103 cm³/mol. The highest BCUT2D eigenvalue weighted by molar-refractivity contribution is 7.89. The topological polar surface area (TPSA) is 102 Å². The van der Waals surface area contributed by atoms with Crippen LogP contribution in [0.2, 0.25) is 0 Å². The minimum atomic E-state index is -3.84. The van der Waals surface area contributed by atoms with Gasteiger partial charge in [0.2, 0.25) is 0 Å². The zero-order chi connectivity index (χ0) is 20.3. The zero-order valence-corrected chi connectivity index (χ0v) is 16.6. The van der Waals surface area contributed by atoms with Gasteiger partial charge in [0.25, 0.3) is 10.0 Å². The summed E-state index contributed by atoms with van der Waals surface area (Å²) in [5.41, 5.74) is 2.18. The smallest absolute Gasteiger partial charge is 0.258 e. The molecule has 0 spiro atoms. The van der Waals surface area contributed by atoms with Crippen LogP contribution in [0.1, 0.15) is 11.3 Å². The number of aromatic amines is 1. The van der Waals surface area contributed by atoms with E-state index in [0.29, 0.717) is 35.4 Å². The quantitative estimate of drug-likeness (QED) is 0.550. The lowest BCUT2D eigenvalue weighted by molar-refractivity contribution is 0.340. The molecule has 4 aromatic rings. The molecule has 1 aliphatic rings. The molecule has 9 nitrogen and oxygen atoms in total. The second kappa shape index (κ2) is 6.22. The summed E-state index contributed by atoms with van der Waals surface area (Å²) in [5, 5.41) is 4.69. The van der Waals surface area contributed by atoms with Gasteiger partial charge in [-0.2, -0.15) is 9.40 Å². The molecule has 1 N–H and O–H groups in total. The van der Waals surface area contributed by atoms with Crippen molar-refractivity contribution in [2.75, 3.05) is 6.54 Å². The molecule has 0 saturated heterocycles. The lowest BCUT2D eigenvalue weighted by Crippen LogP contribution is -2.38. The van der Waals surface area contributed by atoms with Crippen molar-refractivity contribution < 1.29 is 12.8 Å². The summed E-state index contributed by atoms with van der Waals surface area (Å²) in [6.45, 7) is 2.80. The molecule has 0 radical (unpaired) electrons. The van der Waals surface area contributed by atoms with Crippen molar-refractivity contribution in [3.05, 3.63) is 48.1 Å². The van der Waals surface area contributed by atoms with Crippen LogP contribution in [0.3, 0.4) is 0 Å². The third kappa shape index (κ3) is 2.76. The molecule has 3 aromatic heterocycles. The van der Waals surface area contributed by atoms with E-state index in [1.807, 2.05) is 4.57 Å². The van der Waals surface area contributed by atoms with Crippen LogP contribution in [0.25, 0.3) is 22.3 Å². The molecule has 1 aromatic carbocycles. The Labute approximate surface area is 165 Å². The Morgan fingerprint density at radius 2 is 2.03 bits per heavy atom. The Hall–Kier alpha value is -3.05. The third-order valence-corrected chi connectivity index (χ3v) is 6.97. The van der Waals surface area contributed by atoms with E-state index in [1.165, 1.54) is 16.4 Å². The number of nitrogens with one attached hydrogen (secondary N) is 1. The molecule has 1 aliphatic heterocycles. The van der Waals surface area contributed by atoms with E-state index in [-0.39, 0.29) is 17.1 Å². The first-order valence-electron chi connectivity index (χ1n) is 9.01. The molecule has 0 amide bonds. The van der Waals surface area contributed by atoms with Crippen molar-refractivity contribution in [2.45, 2.75) is 25.0 Å². The van der Waals surface area contributed by atoms with Gasteiger partial charge in [0, 0.05) is 37.3 Å². The molecule has 4 heterocycles. The van der Waals surface area contributed by atoms with E-state index in [0.717, 1.165) is 5.69 Å². The minimum absolute atomic E-state index is 0.0536. The molecule has 150 valence electrons. The van der Waals surface area contributed by atoms with Crippen molar-refractivity contribution >= 4 is 20.9 Å². The molecule has 0 saturated carbocycles. The number of hydrogen-bond acceptors (Lipinski definition) is 5. The summed E-state index contributed by atoms with van der Waals surface area (Å²) in [5.74, 6) is -0.102. The maximum Gasteiger partial charge on any atom is 0.258 e. The lowest BCUT2D eigenvalue weighted by Gasteiger charge is -2.26. The van der Waals surface area contributed by atoms with Gasteiger partial charge in [-0.05, 0) is 24.6 Å². The normalized spacial score (nSPS) is 15.1. The van der Waals surface area contributed by atoms with Crippen molar-refractivity contribution in [2.24, 2.45) is 7.05 Å². The number of aromatic nitrogens is 6. The molecule has 0 fully saturated rings. The molecule has 0 bridgehead atoms. The first kappa shape index (κ1) is 18.0. The summed E-state index contributed by atoms with van der Waals surface area (Å²) >= 11 is 0. The maximum absolute atomic E-state index is 14.6. The molecule has 0 aliphatic carbocycles. The number of halogens is 1.